The molecular formula is C13H18BrFN2. The summed E-state index contributed by atoms with van der Waals surface area (Å²) in [6.45, 7) is 6.43. The van der Waals surface area contributed by atoms with Gasteiger partial charge >= 0.3 is 0 Å². The molecule has 0 atom stereocenters. The fourth-order valence-corrected chi connectivity index (χ4v) is 2.54. The van der Waals surface area contributed by atoms with E-state index in [1.54, 1.807) is 6.07 Å². The van der Waals surface area contributed by atoms with Crippen molar-refractivity contribution in [1.29, 1.82) is 0 Å². The van der Waals surface area contributed by atoms with Crippen molar-refractivity contribution in [1.82, 2.24) is 0 Å². The second-order valence-corrected chi connectivity index (χ2v) is 6.33. The molecule has 1 aliphatic heterocycles. The van der Waals surface area contributed by atoms with Crippen molar-refractivity contribution in [3.05, 3.63) is 22.4 Å². The van der Waals surface area contributed by atoms with Crippen LogP contribution in [0.15, 0.2) is 16.6 Å². The zero-order valence-electron chi connectivity index (χ0n) is 10.3. The molecule has 0 amide bonds. The number of nitrogens with two attached hydrogens (primary N) is 1. The lowest BCUT2D eigenvalue weighted by molar-refractivity contribution is 0.280. The Hall–Kier alpha value is -0.770. The minimum atomic E-state index is -0.251. The molecule has 0 aromatic heterocycles. The van der Waals surface area contributed by atoms with E-state index in [0.717, 1.165) is 31.6 Å². The smallest absolute Gasteiger partial charge is 0.139 e. The molecule has 0 aliphatic carbocycles. The fraction of sp³-hybridized carbons (Fsp3) is 0.538. The Balaban J connectivity index is 2.21. The molecule has 1 saturated heterocycles. The Labute approximate surface area is 110 Å². The minimum absolute atomic E-state index is 0.251. The number of piperidine rings is 1. The number of anilines is 2. The normalized spacial score (nSPS) is 19.4. The molecule has 1 aromatic rings. The number of hydrogen-bond acceptors (Lipinski definition) is 2. The molecule has 1 aliphatic rings. The Morgan fingerprint density at radius 1 is 1.29 bits per heavy atom. The number of hydrogen-bond donors (Lipinski definition) is 1. The van der Waals surface area contributed by atoms with Crippen LogP contribution in [-0.2, 0) is 0 Å². The van der Waals surface area contributed by atoms with Gasteiger partial charge in [-0.3, -0.25) is 0 Å². The minimum Gasteiger partial charge on any atom is -0.397 e. The van der Waals surface area contributed by atoms with Gasteiger partial charge in [0.1, 0.15) is 5.82 Å². The van der Waals surface area contributed by atoms with Gasteiger partial charge in [0.15, 0.2) is 0 Å². The first kappa shape index (κ1) is 12.7. The fourth-order valence-electron chi connectivity index (χ4n) is 2.18. The summed E-state index contributed by atoms with van der Waals surface area (Å²) >= 11 is 3.15. The number of halogens is 2. The molecular weight excluding hydrogens is 283 g/mol. The third kappa shape index (κ3) is 2.73. The van der Waals surface area contributed by atoms with Gasteiger partial charge in [-0.05, 0) is 40.3 Å². The highest BCUT2D eigenvalue weighted by Gasteiger charge is 2.26. The zero-order chi connectivity index (χ0) is 12.6. The van der Waals surface area contributed by atoms with Gasteiger partial charge in [0.2, 0.25) is 0 Å². The van der Waals surface area contributed by atoms with E-state index in [1.807, 2.05) is 0 Å². The second-order valence-electron chi connectivity index (χ2n) is 5.48. The van der Waals surface area contributed by atoms with Crippen LogP contribution < -0.4 is 10.6 Å². The first-order valence-electron chi connectivity index (χ1n) is 5.88. The van der Waals surface area contributed by atoms with Crippen LogP contribution in [0.25, 0.3) is 0 Å². The molecule has 17 heavy (non-hydrogen) atoms. The predicted molar refractivity (Wildman–Crippen MR) is 73.7 cm³/mol. The molecule has 1 fully saturated rings. The zero-order valence-corrected chi connectivity index (χ0v) is 11.8. The van der Waals surface area contributed by atoms with E-state index in [9.17, 15) is 4.39 Å². The Kier molecular flexibility index (Phi) is 3.34. The van der Waals surface area contributed by atoms with Crippen molar-refractivity contribution in [3.8, 4) is 0 Å². The van der Waals surface area contributed by atoms with Crippen LogP contribution in [0.3, 0.4) is 0 Å². The largest absolute Gasteiger partial charge is 0.397 e. The van der Waals surface area contributed by atoms with Crippen molar-refractivity contribution in [2.45, 2.75) is 26.7 Å². The highest BCUT2D eigenvalue weighted by molar-refractivity contribution is 9.10. The summed E-state index contributed by atoms with van der Waals surface area (Å²) in [5.41, 5.74) is 7.80. The van der Waals surface area contributed by atoms with Crippen LogP contribution in [0.5, 0.6) is 0 Å². The van der Waals surface area contributed by atoms with Crippen molar-refractivity contribution in [2.24, 2.45) is 5.41 Å². The van der Waals surface area contributed by atoms with E-state index in [0.29, 0.717) is 15.6 Å². The van der Waals surface area contributed by atoms with Gasteiger partial charge in [0.25, 0.3) is 0 Å². The first-order valence-corrected chi connectivity index (χ1v) is 6.68. The third-order valence-corrected chi connectivity index (χ3v) is 4.13. The molecule has 2 nitrogen and oxygen atoms in total. The molecule has 2 rings (SSSR count). The lowest BCUT2D eigenvalue weighted by atomic mass is 9.82. The van der Waals surface area contributed by atoms with E-state index in [2.05, 4.69) is 34.7 Å². The Morgan fingerprint density at radius 2 is 1.88 bits per heavy atom. The molecule has 0 radical (unpaired) electrons. The average Bonchev–Trinajstić information content (AvgIpc) is 2.24. The standard InChI is InChI=1S/C13H18BrFN2/c1-13(2)3-5-17(6-4-13)12-8-10(15)9(14)7-11(12)16/h7-8H,3-6,16H2,1-2H3. The van der Waals surface area contributed by atoms with Crippen molar-refractivity contribution >= 4 is 27.3 Å². The van der Waals surface area contributed by atoms with Gasteiger partial charge < -0.3 is 10.6 Å². The highest BCUT2D eigenvalue weighted by Crippen LogP contribution is 2.35. The lowest BCUT2D eigenvalue weighted by Crippen LogP contribution is -2.37. The summed E-state index contributed by atoms with van der Waals surface area (Å²) in [5.74, 6) is -0.251. The average molecular weight is 301 g/mol. The Morgan fingerprint density at radius 3 is 2.47 bits per heavy atom. The van der Waals surface area contributed by atoms with E-state index in [-0.39, 0.29) is 5.82 Å². The molecule has 94 valence electrons. The van der Waals surface area contributed by atoms with E-state index >= 15 is 0 Å². The van der Waals surface area contributed by atoms with Crippen molar-refractivity contribution < 1.29 is 4.39 Å². The van der Waals surface area contributed by atoms with Crippen LogP contribution in [0.2, 0.25) is 0 Å². The van der Waals surface area contributed by atoms with Crippen LogP contribution >= 0.6 is 15.9 Å². The van der Waals surface area contributed by atoms with E-state index in [4.69, 9.17) is 5.73 Å². The van der Waals surface area contributed by atoms with Gasteiger partial charge in [-0.25, -0.2) is 4.39 Å². The molecule has 0 spiro atoms. The topological polar surface area (TPSA) is 29.3 Å². The molecule has 1 heterocycles. The maximum absolute atomic E-state index is 13.5. The van der Waals surface area contributed by atoms with Gasteiger partial charge in [0, 0.05) is 19.2 Å². The Bertz CT molecular complexity index is 422. The van der Waals surface area contributed by atoms with Gasteiger partial charge in [-0.1, -0.05) is 13.8 Å². The van der Waals surface area contributed by atoms with Crippen LogP contribution in [0.4, 0.5) is 15.8 Å². The number of nitrogens with zero attached hydrogens (tertiary/aromatic N) is 1. The maximum Gasteiger partial charge on any atom is 0.139 e. The second kappa shape index (κ2) is 4.48. The molecule has 1 aromatic carbocycles. The van der Waals surface area contributed by atoms with Crippen molar-refractivity contribution in [3.63, 3.8) is 0 Å². The first-order chi connectivity index (χ1) is 7.89. The summed E-state index contributed by atoms with van der Waals surface area (Å²) in [6.07, 6.45) is 2.23. The van der Waals surface area contributed by atoms with Crippen LogP contribution in [-0.4, -0.2) is 13.1 Å². The summed E-state index contributed by atoms with van der Waals surface area (Å²) in [7, 11) is 0. The van der Waals surface area contributed by atoms with E-state index in [1.165, 1.54) is 6.07 Å². The van der Waals surface area contributed by atoms with E-state index < -0.39 is 0 Å². The molecule has 0 saturated carbocycles. The lowest BCUT2D eigenvalue weighted by Gasteiger charge is -2.38. The maximum atomic E-state index is 13.5. The van der Waals surface area contributed by atoms with Crippen LogP contribution in [0.1, 0.15) is 26.7 Å². The number of rotatable bonds is 1. The number of benzene rings is 1. The number of nitrogen functional groups attached to an aromatic ring is 1. The third-order valence-electron chi connectivity index (χ3n) is 3.53. The van der Waals surface area contributed by atoms with Gasteiger partial charge in [-0.2, -0.15) is 0 Å². The van der Waals surface area contributed by atoms with Gasteiger partial charge in [-0.15, -0.1) is 0 Å². The van der Waals surface area contributed by atoms with Crippen molar-refractivity contribution in [2.75, 3.05) is 23.7 Å². The monoisotopic (exact) mass is 300 g/mol. The summed E-state index contributed by atoms with van der Waals surface area (Å²) < 4.78 is 14.0. The molecule has 0 bridgehead atoms. The van der Waals surface area contributed by atoms with Gasteiger partial charge in [0.05, 0.1) is 15.8 Å². The summed E-state index contributed by atoms with van der Waals surface area (Å²) in [4.78, 5) is 2.18. The SMILES string of the molecule is CC1(C)CCN(c2cc(F)c(Br)cc2N)CC1. The quantitative estimate of drug-likeness (QED) is 0.800. The highest BCUT2D eigenvalue weighted by atomic mass is 79.9. The summed E-state index contributed by atoms with van der Waals surface area (Å²) in [5, 5.41) is 0. The molecule has 4 heteroatoms. The summed E-state index contributed by atoms with van der Waals surface area (Å²) in [6, 6.07) is 3.17. The predicted octanol–water partition coefficient (Wildman–Crippen LogP) is 3.80. The molecule has 0 unspecified atom stereocenters. The van der Waals surface area contributed by atoms with Crippen LogP contribution in [0, 0.1) is 11.2 Å². The molecule has 2 N–H and O–H groups in total.